The van der Waals surface area contributed by atoms with Crippen molar-refractivity contribution in [1.82, 2.24) is 0 Å². The van der Waals surface area contributed by atoms with Crippen molar-refractivity contribution >= 4 is 24.4 Å². The molecular weight excluding hydrogens is 519 g/mol. The van der Waals surface area contributed by atoms with Crippen LogP contribution in [0.2, 0.25) is 0 Å². The molecule has 0 amide bonds. The second-order valence-corrected chi connectivity index (χ2v) is 7.85. The molecule has 0 aliphatic rings. The van der Waals surface area contributed by atoms with Crippen molar-refractivity contribution in [1.29, 1.82) is 0 Å². The Morgan fingerprint density at radius 1 is 0.703 bits per heavy atom. The zero-order valence-electron chi connectivity index (χ0n) is 22.5. The van der Waals surface area contributed by atoms with Gasteiger partial charge in [-0.1, -0.05) is 39.8 Å². The number of aryl methyl sites for hydroxylation is 4. The van der Waals surface area contributed by atoms with E-state index in [-0.39, 0.29) is 16.8 Å². The van der Waals surface area contributed by atoms with E-state index in [9.17, 15) is 10.2 Å². The Labute approximate surface area is 230 Å². The number of carbonyl (C=O) groups is 2. The first kappa shape index (κ1) is 36.0. The minimum absolute atomic E-state index is 0. The van der Waals surface area contributed by atoms with Crippen LogP contribution in [0.4, 0.5) is 0 Å². The number of aromatic hydroxyl groups is 2. The first-order valence-electron chi connectivity index (χ1n) is 12.0. The van der Waals surface area contributed by atoms with Crippen LogP contribution >= 0.6 is 0 Å². The molecular formula is C28H38CoN2O6. The third kappa shape index (κ3) is 14.9. The van der Waals surface area contributed by atoms with Gasteiger partial charge in [-0.15, -0.1) is 0 Å². The maximum absolute atomic E-state index is 10.3. The van der Waals surface area contributed by atoms with Gasteiger partial charge >= 0.3 is 16.8 Å². The molecule has 0 saturated heterocycles. The van der Waals surface area contributed by atoms with Gasteiger partial charge in [-0.3, -0.25) is 9.98 Å². The Balaban J connectivity index is 0. The fraction of sp³-hybridized carbons (Fsp3) is 0.429. The summed E-state index contributed by atoms with van der Waals surface area (Å²) in [6.45, 7) is 11.3. The number of benzene rings is 2. The molecule has 0 fully saturated rings. The van der Waals surface area contributed by atoms with Crippen molar-refractivity contribution in [3.8, 4) is 11.5 Å². The molecule has 0 aliphatic carbocycles. The topological polar surface area (TPSA) is 145 Å². The van der Waals surface area contributed by atoms with Crippen LogP contribution in [0.3, 0.4) is 0 Å². The van der Waals surface area contributed by atoms with Crippen LogP contribution in [-0.4, -0.2) is 47.7 Å². The fourth-order valence-electron chi connectivity index (χ4n) is 3.16. The summed E-state index contributed by atoms with van der Waals surface area (Å²) < 4.78 is 0. The Morgan fingerprint density at radius 2 is 1.00 bits per heavy atom. The Kier molecular flexibility index (Phi) is 19.4. The predicted octanol–water partition coefficient (Wildman–Crippen LogP) is 2.40. The van der Waals surface area contributed by atoms with Crippen LogP contribution in [0.1, 0.15) is 74.9 Å². The van der Waals surface area contributed by atoms with Crippen LogP contribution in [0.5, 0.6) is 11.5 Å². The van der Waals surface area contributed by atoms with Crippen LogP contribution in [0.25, 0.3) is 0 Å². The number of aliphatic carboxylic acids is 2. The van der Waals surface area contributed by atoms with Crippen LogP contribution in [-0.2, 0) is 52.1 Å². The molecule has 2 N–H and O–H groups in total. The number of nitrogens with zero attached hydrogens (tertiary/aromatic N) is 2. The van der Waals surface area contributed by atoms with E-state index >= 15 is 0 Å². The van der Waals surface area contributed by atoms with Crippen molar-refractivity contribution in [2.45, 2.75) is 67.2 Å². The zero-order valence-corrected chi connectivity index (χ0v) is 23.5. The zero-order chi connectivity index (χ0) is 27.7. The summed E-state index contributed by atoms with van der Waals surface area (Å²) in [7, 11) is 0. The van der Waals surface area contributed by atoms with Gasteiger partial charge in [-0.2, -0.15) is 0 Å². The normalized spacial score (nSPS) is 10.2. The van der Waals surface area contributed by atoms with Gasteiger partial charge in [0, 0.05) is 35.5 Å². The molecule has 0 atom stereocenters. The van der Waals surface area contributed by atoms with Gasteiger partial charge < -0.3 is 30.0 Å². The first-order valence-corrected chi connectivity index (χ1v) is 12.0. The van der Waals surface area contributed by atoms with Gasteiger partial charge in [0.15, 0.2) is 0 Å². The van der Waals surface area contributed by atoms with Gasteiger partial charge in [0.25, 0.3) is 0 Å². The summed E-state index contributed by atoms with van der Waals surface area (Å²) in [5, 5.41) is 38.5. The molecule has 0 saturated carbocycles. The molecule has 2 aromatic rings. The molecule has 1 radical (unpaired) electrons. The van der Waals surface area contributed by atoms with E-state index < -0.39 is 11.9 Å². The molecule has 8 nitrogen and oxygen atoms in total. The Morgan fingerprint density at radius 3 is 1.24 bits per heavy atom. The number of rotatable bonds is 9. The molecule has 0 aromatic heterocycles. The maximum Gasteiger partial charge on any atom is 2.00 e. The predicted molar refractivity (Wildman–Crippen MR) is 140 cm³/mol. The molecule has 0 heterocycles. The molecule has 0 unspecified atom stereocenters. The average Bonchev–Trinajstić information content (AvgIpc) is 2.82. The van der Waals surface area contributed by atoms with Gasteiger partial charge in [0.2, 0.25) is 0 Å². The van der Waals surface area contributed by atoms with Crippen molar-refractivity contribution in [2.75, 3.05) is 13.1 Å². The first-order chi connectivity index (χ1) is 17.0. The SMILES string of the molecule is CC(=O)[O-].CC(=O)[O-].CCc1cc(C=NCCN=Cc2cc(CC)cc(CC)c2O)c(O)c(CC)c1.[Co+2]. The molecule has 0 aliphatic heterocycles. The van der Waals surface area contributed by atoms with E-state index in [2.05, 4.69) is 36.0 Å². The monoisotopic (exact) mass is 557 g/mol. The number of hydrogen-bond acceptors (Lipinski definition) is 8. The molecule has 0 spiro atoms. The molecule has 9 heteroatoms. The van der Waals surface area contributed by atoms with Crippen molar-refractivity contribution in [3.63, 3.8) is 0 Å². The summed E-state index contributed by atoms with van der Waals surface area (Å²) >= 11 is 0. The number of carboxylic acids is 2. The second-order valence-electron chi connectivity index (χ2n) is 7.85. The number of phenols is 2. The van der Waals surface area contributed by atoms with Gasteiger partial charge in [0.05, 0.1) is 13.1 Å². The molecule has 2 rings (SSSR count). The number of phenolic OH excluding ortho intramolecular Hbond substituents is 2. The third-order valence-electron chi connectivity index (χ3n) is 4.95. The Bertz CT molecular complexity index is 960. The third-order valence-corrected chi connectivity index (χ3v) is 4.95. The van der Waals surface area contributed by atoms with Crippen molar-refractivity contribution in [2.24, 2.45) is 9.98 Å². The van der Waals surface area contributed by atoms with Crippen LogP contribution in [0.15, 0.2) is 34.3 Å². The molecule has 205 valence electrons. The summed E-state index contributed by atoms with van der Waals surface area (Å²) in [5.74, 6) is -1.53. The summed E-state index contributed by atoms with van der Waals surface area (Å²) in [6.07, 6.45) is 6.91. The largest absolute Gasteiger partial charge is 2.00 e. The number of carboxylic acid groups (broad SMARTS) is 2. The van der Waals surface area contributed by atoms with Gasteiger partial charge in [-0.25, -0.2) is 0 Å². The van der Waals surface area contributed by atoms with E-state index in [1.54, 1.807) is 12.4 Å². The minimum atomic E-state index is -1.08. The second kappa shape index (κ2) is 19.9. The van der Waals surface area contributed by atoms with Crippen LogP contribution < -0.4 is 10.2 Å². The van der Waals surface area contributed by atoms with Crippen LogP contribution in [0, 0.1) is 0 Å². The summed E-state index contributed by atoms with van der Waals surface area (Å²) in [6, 6.07) is 8.08. The quantitative estimate of drug-likeness (QED) is 0.358. The summed E-state index contributed by atoms with van der Waals surface area (Å²) in [4.78, 5) is 26.6. The van der Waals surface area contributed by atoms with E-state index in [4.69, 9.17) is 19.8 Å². The molecule has 37 heavy (non-hydrogen) atoms. The minimum Gasteiger partial charge on any atom is -0.550 e. The van der Waals surface area contributed by atoms with E-state index in [0.29, 0.717) is 24.6 Å². The maximum atomic E-state index is 10.3. The van der Waals surface area contributed by atoms with Gasteiger partial charge in [-0.05, 0) is 73.9 Å². The number of aliphatic imine (C=N–C) groups is 2. The number of carbonyl (C=O) groups excluding carboxylic acids is 2. The molecule has 2 aromatic carbocycles. The van der Waals surface area contributed by atoms with E-state index in [0.717, 1.165) is 61.8 Å². The fourth-order valence-corrected chi connectivity index (χ4v) is 3.16. The van der Waals surface area contributed by atoms with Gasteiger partial charge in [0.1, 0.15) is 11.5 Å². The van der Waals surface area contributed by atoms with Crippen molar-refractivity contribution in [3.05, 3.63) is 57.6 Å². The molecule has 0 bridgehead atoms. The standard InChI is InChI=1S/C24H32N2O2.2C2H4O2.Co/c1-5-17-11-19(7-3)23(27)21(13-17)15-25-9-10-26-16-22-14-18(6-2)12-20(8-4)24(22)28;2*1-2(3)4;/h11-16,27-28H,5-10H2,1-4H3;2*1H3,(H,3,4);/q;;;+2/p-2. The van der Waals surface area contributed by atoms with E-state index in [1.807, 2.05) is 26.0 Å². The smallest absolute Gasteiger partial charge is 0.550 e. The number of hydrogen-bond donors (Lipinski definition) is 2. The summed E-state index contributed by atoms with van der Waals surface area (Å²) in [5.41, 5.74) is 5.84. The Hall–Kier alpha value is -3.17. The average molecular weight is 558 g/mol. The van der Waals surface area contributed by atoms with Crippen molar-refractivity contribution < 1.29 is 46.8 Å². The van der Waals surface area contributed by atoms with E-state index in [1.165, 1.54) is 11.1 Å².